The summed E-state index contributed by atoms with van der Waals surface area (Å²) in [6, 6.07) is 3.55. The Kier molecular flexibility index (Phi) is 7.66. The average Bonchev–Trinajstić information content (AvgIpc) is 2.88. The van der Waals surface area contributed by atoms with Gasteiger partial charge < -0.3 is 14.5 Å². The van der Waals surface area contributed by atoms with E-state index in [1.54, 1.807) is 24.5 Å². The molecule has 0 atom stereocenters. The maximum atomic E-state index is 11.3. The first-order valence-electron chi connectivity index (χ1n) is 6.77. The lowest BCUT2D eigenvalue weighted by atomic mass is 10.1. The van der Waals surface area contributed by atoms with Crippen LogP contribution in [0.25, 0.3) is 6.08 Å². The number of furan rings is 1. The average molecular weight is 265 g/mol. The van der Waals surface area contributed by atoms with Crippen molar-refractivity contribution in [3.05, 3.63) is 30.2 Å². The van der Waals surface area contributed by atoms with E-state index >= 15 is 0 Å². The van der Waals surface area contributed by atoms with Crippen molar-refractivity contribution in [3.8, 4) is 0 Å². The maximum absolute atomic E-state index is 11.3. The second-order valence-corrected chi connectivity index (χ2v) is 4.80. The molecule has 0 spiro atoms. The van der Waals surface area contributed by atoms with Crippen molar-refractivity contribution >= 4 is 12.0 Å². The molecule has 1 aromatic heterocycles. The predicted octanol–water partition coefficient (Wildman–Crippen LogP) is 2.86. The van der Waals surface area contributed by atoms with E-state index in [1.807, 2.05) is 0 Å². The van der Waals surface area contributed by atoms with E-state index in [0.29, 0.717) is 12.4 Å². The fraction of sp³-hybridized carbons (Fsp3) is 0.533. The van der Waals surface area contributed by atoms with Gasteiger partial charge in [0.15, 0.2) is 0 Å². The lowest BCUT2D eigenvalue weighted by molar-refractivity contribution is -0.137. The predicted molar refractivity (Wildman–Crippen MR) is 75.6 cm³/mol. The van der Waals surface area contributed by atoms with E-state index in [4.69, 9.17) is 9.15 Å². The molecule has 0 aliphatic heterocycles. The van der Waals surface area contributed by atoms with Crippen molar-refractivity contribution < 1.29 is 13.9 Å². The summed E-state index contributed by atoms with van der Waals surface area (Å²) in [7, 11) is 0. The summed E-state index contributed by atoms with van der Waals surface area (Å²) in [5.74, 6) is 1.03. The monoisotopic (exact) mass is 265 g/mol. The van der Waals surface area contributed by atoms with Crippen molar-refractivity contribution in [1.29, 1.82) is 0 Å². The van der Waals surface area contributed by atoms with E-state index in [2.05, 4.69) is 19.2 Å². The molecule has 19 heavy (non-hydrogen) atoms. The molecule has 0 aromatic carbocycles. The first-order chi connectivity index (χ1) is 9.18. The third kappa shape index (κ3) is 8.21. The normalized spacial score (nSPS) is 11.3. The molecule has 4 nitrogen and oxygen atoms in total. The van der Waals surface area contributed by atoms with Crippen LogP contribution in [-0.2, 0) is 9.53 Å². The fourth-order valence-corrected chi connectivity index (χ4v) is 1.47. The second kappa shape index (κ2) is 9.39. The number of hydrogen-bond donors (Lipinski definition) is 1. The zero-order chi connectivity index (χ0) is 13.9. The second-order valence-electron chi connectivity index (χ2n) is 4.80. The van der Waals surface area contributed by atoms with Crippen molar-refractivity contribution in [2.24, 2.45) is 5.92 Å². The Morgan fingerprint density at radius 2 is 2.32 bits per heavy atom. The minimum absolute atomic E-state index is 0.335. The van der Waals surface area contributed by atoms with Gasteiger partial charge in [0, 0.05) is 6.08 Å². The van der Waals surface area contributed by atoms with Crippen LogP contribution in [0.4, 0.5) is 0 Å². The largest absolute Gasteiger partial charge is 0.465 e. The summed E-state index contributed by atoms with van der Waals surface area (Å²) >= 11 is 0. The van der Waals surface area contributed by atoms with Gasteiger partial charge in [0.05, 0.1) is 12.9 Å². The van der Waals surface area contributed by atoms with E-state index < -0.39 is 0 Å². The molecular weight excluding hydrogens is 242 g/mol. The zero-order valence-electron chi connectivity index (χ0n) is 11.7. The van der Waals surface area contributed by atoms with Gasteiger partial charge in [-0.15, -0.1) is 0 Å². The van der Waals surface area contributed by atoms with Gasteiger partial charge in [0.1, 0.15) is 5.76 Å². The third-order valence-electron chi connectivity index (χ3n) is 2.57. The molecule has 4 heteroatoms. The highest BCUT2D eigenvalue weighted by molar-refractivity contribution is 5.86. The highest BCUT2D eigenvalue weighted by Crippen LogP contribution is 2.02. The fourth-order valence-electron chi connectivity index (χ4n) is 1.47. The molecule has 0 saturated heterocycles. The lowest BCUT2D eigenvalue weighted by Gasteiger charge is -2.06. The Labute approximate surface area is 114 Å². The van der Waals surface area contributed by atoms with Crippen LogP contribution in [0.1, 0.15) is 32.4 Å². The van der Waals surface area contributed by atoms with Crippen LogP contribution in [0.5, 0.6) is 0 Å². The Morgan fingerprint density at radius 1 is 1.47 bits per heavy atom. The number of carbonyl (C=O) groups excluding carboxylic acids is 1. The van der Waals surface area contributed by atoms with E-state index in [1.165, 1.54) is 12.5 Å². The Morgan fingerprint density at radius 3 is 3.00 bits per heavy atom. The summed E-state index contributed by atoms with van der Waals surface area (Å²) < 4.78 is 10.1. The molecule has 1 aromatic rings. The topological polar surface area (TPSA) is 51.5 Å². The molecule has 0 fully saturated rings. The van der Waals surface area contributed by atoms with E-state index in [0.717, 1.165) is 25.4 Å². The summed E-state index contributed by atoms with van der Waals surface area (Å²) in [6.45, 7) is 6.74. The van der Waals surface area contributed by atoms with Gasteiger partial charge in [-0.05, 0) is 50.1 Å². The molecule has 106 valence electrons. The highest BCUT2D eigenvalue weighted by atomic mass is 16.5. The molecule has 1 heterocycles. The van der Waals surface area contributed by atoms with Gasteiger partial charge in [-0.1, -0.05) is 13.8 Å². The molecular formula is C15H23NO3. The molecule has 1 rings (SSSR count). The molecule has 0 unspecified atom stereocenters. The molecule has 0 aliphatic rings. The van der Waals surface area contributed by atoms with Crippen LogP contribution in [0.15, 0.2) is 28.9 Å². The van der Waals surface area contributed by atoms with E-state index in [9.17, 15) is 4.79 Å². The van der Waals surface area contributed by atoms with Crippen LogP contribution in [0.3, 0.4) is 0 Å². The SMILES string of the molecule is CC(C)CCNCCCOC(=O)/C=C/c1ccco1. The third-order valence-corrected chi connectivity index (χ3v) is 2.57. The Hall–Kier alpha value is -1.55. The smallest absolute Gasteiger partial charge is 0.330 e. The van der Waals surface area contributed by atoms with Gasteiger partial charge in [0.2, 0.25) is 0 Å². The quantitative estimate of drug-likeness (QED) is 0.424. The van der Waals surface area contributed by atoms with Crippen LogP contribution in [-0.4, -0.2) is 25.7 Å². The van der Waals surface area contributed by atoms with Crippen LogP contribution >= 0.6 is 0 Å². The molecule has 0 amide bonds. The van der Waals surface area contributed by atoms with Gasteiger partial charge in [-0.2, -0.15) is 0 Å². The minimum Gasteiger partial charge on any atom is -0.465 e. The van der Waals surface area contributed by atoms with Gasteiger partial charge in [-0.25, -0.2) is 4.79 Å². The summed E-state index contributed by atoms with van der Waals surface area (Å²) in [5, 5.41) is 3.32. The van der Waals surface area contributed by atoms with E-state index in [-0.39, 0.29) is 5.97 Å². The first-order valence-corrected chi connectivity index (χ1v) is 6.77. The van der Waals surface area contributed by atoms with Crippen LogP contribution < -0.4 is 5.32 Å². The standard InChI is InChI=1S/C15H23NO3/c1-13(2)8-10-16-9-4-12-19-15(17)7-6-14-5-3-11-18-14/h3,5-7,11,13,16H,4,8-10,12H2,1-2H3/b7-6+. The maximum Gasteiger partial charge on any atom is 0.330 e. The number of nitrogens with one attached hydrogen (secondary N) is 1. The van der Waals surface area contributed by atoms with Crippen LogP contribution in [0.2, 0.25) is 0 Å². The number of esters is 1. The Balaban J connectivity index is 1.99. The number of ether oxygens (including phenoxy) is 1. The van der Waals surface area contributed by atoms with Gasteiger partial charge in [0.25, 0.3) is 0 Å². The molecule has 1 N–H and O–H groups in total. The molecule has 0 saturated carbocycles. The highest BCUT2D eigenvalue weighted by Gasteiger charge is 1.98. The van der Waals surface area contributed by atoms with Gasteiger partial charge >= 0.3 is 5.97 Å². The summed E-state index contributed by atoms with van der Waals surface area (Å²) in [5.41, 5.74) is 0. The van der Waals surface area contributed by atoms with Crippen LogP contribution in [0, 0.1) is 5.92 Å². The van der Waals surface area contributed by atoms with Crippen molar-refractivity contribution in [2.75, 3.05) is 19.7 Å². The van der Waals surface area contributed by atoms with Crippen molar-refractivity contribution in [2.45, 2.75) is 26.7 Å². The number of carbonyl (C=O) groups is 1. The van der Waals surface area contributed by atoms with Gasteiger partial charge in [-0.3, -0.25) is 0 Å². The molecule has 0 bridgehead atoms. The Bertz CT molecular complexity index is 369. The molecule has 0 radical (unpaired) electrons. The summed E-state index contributed by atoms with van der Waals surface area (Å²) in [4.78, 5) is 11.3. The summed E-state index contributed by atoms with van der Waals surface area (Å²) in [6.07, 6.45) is 6.55. The van der Waals surface area contributed by atoms with Crippen molar-refractivity contribution in [1.82, 2.24) is 5.32 Å². The molecule has 0 aliphatic carbocycles. The zero-order valence-corrected chi connectivity index (χ0v) is 11.7. The minimum atomic E-state index is -0.335. The number of rotatable bonds is 9. The lowest BCUT2D eigenvalue weighted by Crippen LogP contribution is -2.19. The number of hydrogen-bond acceptors (Lipinski definition) is 4. The van der Waals surface area contributed by atoms with Crippen molar-refractivity contribution in [3.63, 3.8) is 0 Å². The first kappa shape index (κ1) is 15.5.